The van der Waals surface area contributed by atoms with Crippen molar-refractivity contribution in [2.24, 2.45) is 0 Å². The molecule has 9 heteroatoms. The third-order valence-corrected chi connectivity index (χ3v) is 3.33. The van der Waals surface area contributed by atoms with E-state index in [0.717, 1.165) is 12.8 Å². The number of esters is 1. The Balaban J connectivity index is 2.60. The largest absolute Gasteiger partial charge is 0.456 e. The van der Waals surface area contributed by atoms with Gasteiger partial charge in [-0.25, -0.2) is 26.7 Å². The topological polar surface area (TPSA) is 44.8 Å². The molecule has 2 unspecified atom stereocenters. The Hall–Kier alpha value is -1.74. The number of rotatable bonds is 10. The van der Waals surface area contributed by atoms with E-state index in [9.17, 15) is 26.7 Å². The van der Waals surface area contributed by atoms with Crippen LogP contribution in [0.25, 0.3) is 0 Å². The van der Waals surface area contributed by atoms with Gasteiger partial charge in [0.25, 0.3) is 0 Å². The fraction of sp³-hybridized carbons (Fsp3) is 0.588. The van der Waals surface area contributed by atoms with E-state index in [0.29, 0.717) is 13.2 Å². The lowest BCUT2D eigenvalue weighted by Gasteiger charge is -2.18. The molecule has 0 spiro atoms. The van der Waals surface area contributed by atoms with Crippen molar-refractivity contribution in [1.29, 1.82) is 0 Å². The Bertz CT molecular complexity index is 595. The average molecular weight is 384 g/mol. The molecule has 148 valence electrons. The van der Waals surface area contributed by atoms with E-state index in [1.807, 2.05) is 6.92 Å². The predicted octanol–water partition coefficient (Wildman–Crippen LogP) is 4.15. The molecule has 0 aliphatic carbocycles. The van der Waals surface area contributed by atoms with Crippen molar-refractivity contribution in [3.63, 3.8) is 0 Å². The van der Waals surface area contributed by atoms with Crippen LogP contribution < -0.4 is 0 Å². The summed E-state index contributed by atoms with van der Waals surface area (Å²) in [6.07, 6.45) is 0.584. The highest BCUT2D eigenvalue weighted by Crippen LogP contribution is 2.24. The molecule has 1 rings (SSSR count). The highest BCUT2D eigenvalue weighted by Gasteiger charge is 2.31. The maximum absolute atomic E-state index is 13.6. The molecule has 0 aliphatic heterocycles. The van der Waals surface area contributed by atoms with Crippen LogP contribution in [-0.4, -0.2) is 38.0 Å². The van der Waals surface area contributed by atoms with Crippen molar-refractivity contribution in [2.45, 2.75) is 45.8 Å². The second-order valence-electron chi connectivity index (χ2n) is 5.73. The normalized spacial score (nSPS) is 13.5. The second-order valence-corrected chi connectivity index (χ2v) is 5.73. The van der Waals surface area contributed by atoms with Crippen LogP contribution in [0.4, 0.5) is 22.0 Å². The van der Waals surface area contributed by atoms with Crippen LogP contribution >= 0.6 is 0 Å². The molecule has 0 heterocycles. The van der Waals surface area contributed by atoms with E-state index in [1.54, 1.807) is 6.92 Å². The van der Waals surface area contributed by atoms with Gasteiger partial charge < -0.3 is 14.2 Å². The van der Waals surface area contributed by atoms with E-state index in [-0.39, 0.29) is 12.7 Å². The molecule has 1 aromatic rings. The molecule has 0 saturated heterocycles. The van der Waals surface area contributed by atoms with Crippen LogP contribution in [0, 0.1) is 29.1 Å². The van der Waals surface area contributed by atoms with Gasteiger partial charge in [-0.1, -0.05) is 13.3 Å². The van der Waals surface area contributed by atoms with E-state index >= 15 is 0 Å². The highest BCUT2D eigenvalue weighted by atomic mass is 19.2. The van der Waals surface area contributed by atoms with Crippen molar-refractivity contribution in [3.8, 4) is 0 Å². The molecule has 0 radical (unpaired) electrons. The van der Waals surface area contributed by atoms with E-state index < -0.39 is 46.7 Å². The first-order valence-electron chi connectivity index (χ1n) is 8.12. The Morgan fingerprint density at radius 1 is 0.885 bits per heavy atom. The molecule has 2 atom stereocenters. The number of carbonyl (C=O) groups excluding carboxylic acids is 1. The van der Waals surface area contributed by atoms with Gasteiger partial charge in [0.2, 0.25) is 5.82 Å². The maximum atomic E-state index is 13.6. The molecule has 0 amide bonds. The molecule has 0 bridgehead atoms. The monoisotopic (exact) mass is 384 g/mol. The van der Waals surface area contributed by atoms with Crippen molar-refractivity contribution in [3.05, 3.63) is 34.6 Å². The molecular formula is C17H21F5O4. The summed E-state index contributed by atoms with van der Waals surface area (Å²) in [6, 6.07) is 0. The third kappa shape index (κ3) is 5.91. The van der Waals surface area contributed by atoms with Gasteiger partial charge in [0.1, 0.15) is 11.7 Å². The summed E-state index contributed by atoms with van der Waals surface area (Å²) in [5, 5.41) is 0. The van der Waals surface area contributed by atoms with E-state index in [2.05, 4.69) is 0 Å². The number of halogens is 5. The van der Waals surface area contributed by atoms with Crippen molar-refractivity contribution >= 4 is 5.97 Å². The fourth-order valence-electron chi connectivity index (χ4n) is 1.90. The highest BCUT2D eigenvalue weighted by molar-refractivity contribution is 5.90. The minimum atomic E-state index is -2.34. The molecular weight excluding hydrogens is 363 g/mol. The fourth-order valence-corrected chi connectivity index (χ4v) is 1.90. The summed E-state index contributed by atoms with van der Waals surface area (Å²) in [7, 11) is 0. The zero-order valence-electron chi connectivity index (χ0n) is 14.7. The smallest absolute Gasteiger partial charge is 0.344 e. The van der Waals surface area contributed by atoms with Gasteiger partial charge in [0.05, 0.1) is 19.3 Å². The van der Waals surface area contributed by atoms with Crippen LogP contribution in [0.5, 0.6) is 0 Å². The van der Waals surface area contributed by atoms with Crippen molar-refractivity contribution < 1.29 is 41.0 Å². The lowest BCUT2D eigenvalue weighted by Crippen LogP contribution is -2.26. The van der Waals surface area contributed by atoms with Crippen LogP contribution in [0.3, 0.4) is 0 Å². The molecule has 0 saturated carbocycles. The SMILES string of the molecule is CCCCOCC(C)OCC(C)OC(=O)c1c(F)c(F)c(F)c(F)c1F. The molecule has 0 N–H and O–H groups in total. The van der Waals surface area contributed by atoms with Crippen molar-refractivity contribution in [2.75, 3.05) is 19.8 Å². The first-order valence-corrected chi connectivity index (χ1v) is 8.12. The standard InChI is InChI=1S/C17H21F5O4/c1-4-5-6-24-7-9(2)25-8-10(3)26-17(23)11-12(18)14(20)16(22)15(21)13(11)19/h9-10H,4-8H2,1-3H3. The molecule has 1 aromatic carbocycles. The van der Waals surface area contributed by atoms with Gasteiger partial charge in [-0.2, -0.15) is 0 Å². The lowest BCUT2D eigenvalue weighted by atomic mass is 10.1. The average Bonchev–Trinajstić information content (AvgIpc) is 2.60. The summed E-state index contributed by atoms with van der Waals surface area (Å²) in [5.41, 5.74) is -1.64. The minimum Gasteiger partial charge on any atom is -0.456 e. The molecule has 4 nitrogen and oxygen atoms in total. The second kappa shape index (κ2) is 10.4. The van der Waals surface area contributed by atoms with E-state index in [1.165, 1.54) is 6.92 Å². The molecule has 0 fully saturated rings. The number of unbranched alkanes of at least 4 members (excludes halogenated alkanes) is 1. The summed E-state index contributed by atoms with van der Waals surface area (Å²) in [5.74, 6) is -12.9. The zero-order valence-corrected chi connectivity index (χ0v) is 14.7. The lowest BCUT2D eigenvalue weighted by molar-refractivity contribution is -0.0458. The Labute approximate surface area is 148 Å². The number of ether oxygens (including phenoxy) is 3. The van der Waals surface area contributed by atoms with Gasteiger partial charge in [0.15, 0.2) is 23.3 Å². The zero-order chi connectivity index (χ0) is 19.9. The summed E-state index contributed by atoms with van der Waals surface area (Å²) >= 11 is 0. The van der Waals surface area contributed by atoms with E-state index in [4.69, 9.17) is 14.2 Å². The Morgan fingerprint density at radius 3 is 1.96 bits per heavy atom. The van der Waals surface area contributed by atoms with Crippen LogP contribution in [0.15, 0.2) is 0 Å². The Morgan fingerprint density at radius 2 is 1.42 bits per heavy atom. The summed E-state index contributed by atoms with van der Waals surface area (Å²) < 4.78 is 81.7. The molecule has 26 heavy (non-hydrogen) atoms. The third-order valence-electron chi connectivity index (χ3n) is 3.33. The van der Waals surface area contributed by atoms with Gasteiger partial charge in [-0.3, -0.25) is 0 Å². The summed E-state index contributed by atoms with van der Waals surface area (Å²) in [4.78, 5) is 11.8. The Kier molecular flexibility index (Phi) is 8.94. The van der Waals surface area contributed by atoms with Gasteiger partial charge in [-0.05, 0) is 20.3 Å². The number of hydrogen-bond donors (Lipinski definition) is 0. The summed E-state index contributed by atoms with van der Waals surface area (Å²) in [6.45, 7) is 5.83. The van der Waals surface area contributed by atoms with Crippen LogP contribution in [0.1, 0.15) is 44.0 Å². The quantitative estimate of drug-likeness (QED) is 0.200. The minimum absolute atomic E-state index is 0.139. The number of hydrogen-bond acceptors (Lipinski definition) is 4. The number of benzene rings is 1. The van der Waals surface area contributed by atoms with Crippen molar-refractivity contribution in [1.82, 2.24) is 0 Å². The maximum Gasteiger partial charge on any atom is 0.344 e. The van der Waals surface area contributed by atoms with Gasteiger partial charge in [-0.15, -0.1) is 0 Å². The van der Waals surface area contributed by atoms with Crippen LogP contribution in [-0.2, 0) is 14.2 Å². The first-order chi connectivity index (χ1) is 12.2. The molecule has 0 aromatic heterocycles. The predicted molar refractivity (Wildman–Crippen MR) is 82.3 cm³/mol. The number of carbonyl (C=O) groups is 1. The first kappa shape index (κ1) is 22.3. The van der Waals surface area contributed by atoms with Gasteiger partial charge >= 0.3 is 5.97 Å². The van der Waals surface area contributed by atoms with Gasteiger partial charge in [0, 0.05) is 6.61 Å². The van der Waals surface area contributed by atoms with Crippen LogP contribution in [0.2, 0.25) is 0 Å². The molecule has 0 aliphatic rings.